The number of furan rings is 1. The van der Waals surface area contributed by atoms with Crippen LogP contribution < -0.4 is 10.9 Å². The van der Waals surface area contributed by atoms with E-state index in [-0.39, 0.29) is 35.3 Å². The zero-order chi connectivity index (χ0) is 19.7. The lowest BCUT2D eigenvalue weighted by Gasteiger charge is -2.07. The molecule has 144 valence electrons. The molecule has 4 rings (SSSR count). The van der Waals surface area contributed by atoms with Crippen LogP contribution in [0.3, 0.4) is 0 Å². The minimum Gasteiger partial charge on any atom is -0.469 e. The summed E-state index contributed by atoms with van der Waals surface area (Å²) in [5, 5.41) is 5.98. The van der Waals surface area contributed by atoms with Crippen molar-refractivity contribution < 1.29 is 13.6 Å². The first-order chi connectivity index (χ1) is 13.5. The Bertz CT molecular complexity index is 1210. The van der Waals surface area contributed by atoms with Crippen LogP contribution in [0.25, 0.3) is 16.6 Å². The third kappa shape index (κ3) is 3.28. The van der Waals surface area contributed by atoms with E-state index < -0.39 is 5.82 Å². The first-order valence-electron chi connectivity index (χ1n) is 9.02. The summed E-state index contributed by atoms with van der Waals surface area (Å²) in [6.45, 7) is 2.16. The number of carbonyl (C=O) groups is 1. The van der Waals surface area contributed by atoms with E-state index in [0.717, 1.165) is 5.76 Å². The number of hydrogen-bond acceptors (Lipinski definition) is 4. The Morgan fingerprint density at radius 1 is 1.29 bits per heavy atom. The van der Waals surface area contributed by atoms with Crippen molar-refractivity contribution in [1.29, 1.82) is 0 Å². The molecule has 8 heteroatoms. The first-order valence-corrected chi connectivity index (χ1v) is 9.02. The van der Waals surface area contributed by atoms with Crippen molar-refractivity contribution >= 4 is 22.5 Å². The molecule has 0 aliphatic rings. The van der Waals surface area contributed by atoms with Gasteiger partial charge in [-0.25, -0.2) is 13.9 Å². The Balaban J connectivity index is 1.51. The van der Waals surface area contributed by atoms with E-state index >= 15 is 0 Å². The molecule has 1 amide bonds. The third-order valence-corrected chi connectivity index (χ3v) is 4.73. The normalized spacial score (nSPS) is 11.4. The van der Waals surface area contributed by atoms with E-state index in [1.807, 2.05) is 6.07 Å². The van der Waals surface area contributed by atoms with Crippen molar-refractivity contribution in [2.75, 3.05) is 6.54 Å². The molecule has 0 radical (unpaired) electrons. The smallest absolute Gasteiger partial charge is 0.276 e. The number of aromatic nitrogens is 3. The van der Waals surface area contributed by atoms with Gasteiger partial charge < -0.3 is 9.73 Å². The number of nitrogens with one attached hydrogen (secondary N) is 2. The van der Waals surface area contributed by atoms with Gasteiger partial charge in [0, 0.05) is 30.6 Å². The van der Waals surface area contributed by atoms with Crippen LogP contribution in [-0.2, 0) is 17.6 Å². The SMILES string of the molecule is Cc1nc2c3c(F)cccc3[nH]n2c(=O)c1CCC(=O)NCCc1ccco1. The average Bonchev–Trinajstić information content (AvgIpc) is 3.30. The Labute approximate surface area is 159 Å². The summed E-state index contributed by atoms with van der Waals surface area (Å²) in [7, 11) is 0. The summed E-state index contributed by atoms with van der Waals surface area (Å²) >= 11 is 0. The van der Waals surface area contributed by atoms with Crippen LogP contribution in [-0.4, -0.2) is 27.0 Å². The summed E-state index contributed by atoms with van der Waals surface area (Å²) in [6.07, 6.45) is 2.61. The molecule has 0 unspecified atom stereocenters. The van der Waals surface area contributed by atoms with E-state index in [1.165, 1.54) is 10.6 Å². The predicted octanol–water partition coefficient (Wildman–Crippen LogP) is 2.51. The summed E-state index contributed by atoms with van der Waals surface area (Å²) in [6, 6.07) is 8.23. The molecule has 2 N–H and O–H groups in total. The molecule has 3 aromatic heterocycles. The third-order valence-electron chi connectivity index (χ3n) is 4.73. The second kappa shape index (κ2) is 7.30. The lowest BCUT2D eigenvalue weighted by Crippen LogP contribution is -2.28. The number of rotatable bonds is 6. The van der Waals surface area contributed by atoms with Gasteiger partial charge in [-0.3, -0.25) is 14.7 Å². The molecule has 1 aromatic carbocycles. The zero-order valence-corrected chi connectivity index (χ0v) is 15.3. The van der Waals surface area contributed by atoms with Gasteiger partial charge in [0.1, 0.15) is 11.6 Å². The molecule has 0 saturated heterocycles. The summed E-state index contributed by atoms with van der Waals surface area (Å²) in [5.41, 5.74) is 1.36. The number of benzene rings is 1. The fourth-order valence-corrected chi connectivity index (χ4v) is 3.29. The van der Waals surface area contributed by atoms with Crippen LogP contribution in [0.4, 0.5) is 4.39 Å². The Kier molecular flexibility index (Phi) is 4.68. The van der Waals surface area contributed by atoms with Crippen LogP contribution in [0.2, 0.25) is 0 Å². The van der Waals surface area contributed by atoms with Crippen molar-refractivity contribution in [2.24, 2.45) is 0 Å². The first kappa shape index (κ1) is 18.0. The van der Waals surface area contributed by atoms with Crippen LogP contribution in [0.1, 0.15) is 23.4 Å². The molecular weight excluding hydrogens is 363 g/mol. The molecular formula is C20H19FN4O3. The van der Waals surface area contributed by atoms with Gasteiger partial charge in [0.25, 0.3) is 5.56 Å². The highest BCUT2D eigenvalue weighted by Crippen LogP contribution is 2.21. The second-order valence-corrected chi connectivity index (χ2v) is 6.59. The number of hydrogen-bond donors (Lipinski definition) is 2. The lowest BCUT2D eigenvalue weighted by atomic mass is 10.1. The second-order valence-electron chi connectivity index (χ2n) is 6.59. The van der Waals surface area contributed by atoms with E-state index in [1.54, 1.807) is 31.4 Å². The molecule has 0 spiro atoms. The predicted molar refractivity (Wildman–Crippen MR) is 102 cm³/mol. The highest BCUT2D eigenvalue weighted by Gasteiger charge is 2.16. The van der Waals surface area contributed by atoms with Gasteiger partial charge in [-0.2, -0.15) is 0 Å². The lowest BCUT2D eigenvalue weighted by molar-refractivity contribution is -0.121. The number of halogens is 1. The molecule has 0 saturated carbocycles. The van der Waals surface area contributed by atoms with Crippen molar-refractivity contribution in [3.05, 3.63) is 69.8 Å². The number of amides is 1. The summed E-state index contributed by atoms with van der Waals surface area (Å²) in [4.78, 5) is 29.3. The Hall–Kier alpha value is -3.42. The Morgan fingerprint density at radius 3 is 2.93 bits per heavy atom. The standard InChI is InChI=1S/C20H19FN4O3/c1-12-14(7-8-17(26)22-10-9-13-4-3-11-28-13)20(27)25-19(23-12)18-15(21)5-2-6-16(18)24-25/h2-6,11,24H,7-10H2,1H3,(H,22,26). The maximum Gasteiger partial charge on any atom is 0.276 e. The molecule has 7 nitrogen and oxygen atoms in total. The molecule has 3 heterocycles. The van der Waals surface area contributed by atoms with Crippen LogP contribution in [0.15, 0.2) is 45.8 Å². The van der Waals surface area contributed by atoms with Gasteiger partial charge in [0.2, 0.25) is 5.91 Å². The maximum absolute atomic E-state index is 14.2. The van der Waals surface area contributed by atoms with Crippen molar-refractivity contribution in [3.8, 4) is 0 Å². The van der Waals surface area contributed by atoms with E-state index in [9.17, 15) is 14.0 Å². The van der Waals surface area contributed by atoms with Gasteiger partial charge >= 0.3 is 0 Å². The van der Waals surface area contributed by atoms with Gasteiger partial charge in [0.05, 0.1) is 17.2 Å². The zero-order valence-electron chi connectivity index (χ0n) is 15.3. The quantitative estimate of drug-likeness (QED) is 0.536. The average molecular weight is 382 g/mol. The molecule has 0 atom stereocenters. The Morgan fingerprint density at radius 2 is 2.14 bits per heavy atom. The van der Waals surface area contributed by atoms with E-state index in [4.69, 9.17) is 4.42 Å². The molecule has 0 fully saturated rings. The number of aromatic amines is 1. The number of H-pyrrole nitrogens is 1. The van der Waals surface area contributed by atoms with Gasteiger partial charge in [-0.05, 0) is 37.6 Å². The van der Waals surface area contributed by atoms with E-state index in [0.29, 0.717) is 29.7 Å². The molecule has 28 heavy (non-hydrogen) atoms. The highest BCUT2D eigenvalue weighted by molar-refractivity contribution is 5.92. The van der Waals surface area contributed by atoms with Crippen molar-refractivity contribution in [2.45, 2.75) is 26.2 Å². The topological polar surface area (TPSA) is 92.4 Å². The number of nitrogens with zero attached hydrogens (tertiary/aromatic N) is 2. The minimum absolute atomic E-state index is 0.154. The van der Waals surface area contributed by atoms with E-state index in [2.05, 4.69) is 15.4 Å². The van der Waals surface area contributed by atoms with Gasteiger partial charge in [-0.1, -0.05) is 6.07 Å². The van der Waals surface area contributed by atoms with Crippen LogP contribution in [0, 0.1) is 12.7 Å². The van der Waals surface area contributed by atoms with Crippen LogP contribution >= 0.6 is 0 Å². The number of fused-ring (bicyclic) bond motifs is 3. The fourth-order valence-electron chi connectivity index (χ4n) is 3.29. The number of carbonyl (C=O) groups excluding carboxylic acids is 1. The monoisotopic (exact) mass is 382 g/mol. The molecule has 0 aliphatic carbocycles. The minimum atomic E-state index is -0.439. The highest BCUT2D eigenvalue weighted by atomic mass is 19.1. The molecule has 4 aromatic rings. The largest absolute Gasteiger partial charge is 0.469 e. The maximum atomic E-state index is 14.2. The van der Waals surface area contributed by atoms with Crippen molar-refractivity contribution in [3.63, 3.8) is 0 Å². The summed E-state index contributed by atoms with van der Waals surface area (Å²) in [5.74, 6) is 0.208. The van der Waals surface area contributed by atoms with Crippen LogP contribution in [0.5, 0.6) is 0 Å². The summed E-state index contributed by atoms with van der Waals surface area (Å²) < 4.78 is 20.6. The fraction of sp³-hybridized carbons (Fsp3) is 0.250. The van der Waals surface area contributed by atoms with Crippen molar-refractivity contribution in [1.82, 2.24) is 19.9 Å². The molecule has 0 bridgehead atoms. The number of aryl methyl sites for hydroxylation is 1. The molecule has 0 aliphatic heterocycles. The van der Waals surface area contributed by atoms with Gasteiger partial charge in [-0.15, -0.1) is 0 Å². The van der Waals surface area contributed by atoms with Gasteiger partial charge in [0.15, 0.2) is 5.65 Å².